The number of hydrogen-bond acceptors (Lipinski definition) is 2. The average molecular weight is 424 g/mol. The summed E-state index contributed by atoms with van der Waals surface area (Å²) >= 11 is 0. The Hall–Kier alpha value is -4.43. The standard InChI is InChI=1S/C31H21NO/c1-3-12-22(13-4-1)24-16-7-8-17-25(24)30-26-18-9-10-19-27(26)31(33-30)28-20-11-21-32-29(28)23-14-5-2-6-15-23/h1-21H. The van der Waals surface area contributed by atoms with Gasteiger partial charge in [0.1, 0.15) is 11.5 Å². The smallest absolute Gasteiger partial charge is 0.144 e. The van der Waals surface area contributed by atoms with Crippen molar-refractivity contribution in [2.24, 2.45) is 0 Å². The van der Waals surface area contributed by atoms with Crippen LogP contribution in [-0.2, 0) is 0 Å². The number of pyridine rings is 1. The molecule has 0 aliphatic heterocycles. The highest BCUT2D eigenvalue weighted by Gasteiger charge is 2.21. The van der Waals surface area contributed by atoms with Crippen molar-refractivity contribution in [2.75, 3.05) is 0 Å². The molecule has 6 aromatic rings. The number of fused-ring (bicyclic) bond motifs is 1. The minimum atomic E-state index is 0.843. The van der Waals surface area contributed by atoms with Gasteiger partial charge in [-0.1, -0.05) is 109 Å². The first-order valence-corrected chi connectivity index (χ1v) is 11.1. The fourth-order valence-corrected chi connectivity index (χ4v) is 4.46. The maximum atomic E-state index is 6.72. The highest BCUT2D eigenvalue weighted by molar-refractivity contribution is 6.06. The zero-order valence-corrected chi connectivity index (χ0v) is 18.0. The van der Waals surface area contributed by atoms with Crippen molar-refractivity contribution < 1.29 is 4.42 Å². The van der Waals surface area contributed by atoms with Crippen LogP contribution in [0.25, 0.3) is 55.8 Å². The molecule has 2 heterocycles. The molecule has 0 amide bonds. The van der Waals surface area contributed by atoms with Crippen LogP contribution >= 0.6 is 0 Å². The summed E-state index contributed by atoms with van der Waals surface area (Å²) in [5.41, 5.74) is 6.38. The molecule has 0 saturated carbocycles. The van der Waals surface area contributed by atoms with E-state index >= 15 is 0 Å². The SMILES string of the molecule is c1ccc(-c2ccccc2-c2oc(-c3cccnc3-c3ccccc3)c3ccccc23)cc1. The van der Waals surface area contributed by atoms with Gasteiger partial charge in [-0.25, -0.2) is 0 Å². The molecule has 0 aliphatic rings. The topological polar surface area (TPSA) is 26.0 Å². The largest absolute Gasteiger partial charge is 0.455 e. The first-order chi connectivity index (χ1) is 16.4. The van der Waals surface area contributed by atoms with Gasteiger partial charge in [0.15, 0.2) is 0 Å². The lowest BCUT2D eigenvalue weighted by Crippen LogP contribution is -1.87. The molecule has 0 radical (unpaired) electrons. The van der Waals surface area contributed by atoms with Gasteiger partial charge in [0.2, 0.25) is 0 Å². The zero-order chi connectivity index (χ0) is 22.0. The van der Waals surface area contributed by atoms with E-state index in [1.165, 1.54) is 5.56 Å². The highest BCUT2D eigenvalue weighted by Crippen LogP contribution is 2.44. The van der Waals surface area contributed by atoms with Crippen LogP contribution in [0.1, 0.15) is 0 Å². The second-order valence-corrected chi connectivity index (χ2v) is 7.98. The van der Waals surface area contributed by atoms with Gasteiger partial charge in [0, 0.05) is 33.7 Å². The molecule has 2 aromatic heterocycles. The summed E-state index contributed by atoms with van der Waals surface area (Å²) in [6.45, 7) is 0. The Bertz CT molecular complexity index is 1430. The minimum Gasteiger partial charge on any atom is -0.455 e. The second-order valence-electron chi connectivity index (χ2n) is 7.98. The van der Waals surface area contributed by atoms with Crippen LogP contribution < -0.4 is 0 Å². The summed E-state index contributed by atoms with van der Waals surface area (Å²) in [5, 5.41) is 2.18. The molecule has 2 nitrogen and oxygen atoms in total. The van der Waals surface area contributed by atoms with Crippen molar-refractivity contribution in [1.29, 1.82) is 0 Å². The second kappa shape index (κ2) is 8.25. The average Bonchev–Trinajstić information content (AvgIpc) is 3.29. The van der Waals surface area contributed by atoms with Crippen LogP contribution in [-0.4, -0.2) is 4.98 Å². The normalized spacial score (nSPS) is 11.0. The van der Waals surface area contributed by atoms with E-state index in [2.05, 4.69) is 91.0 Å². The molecule has 0 aliphatic carbocycles. The third-order valence-electron chi connectivity index (χ3n) is 5.98. The molecule has 0 unspecified atom stereocenters. The fourth-order valence-electron chi connectivity index (χ4n) is 4.46. The van der Waals surface area contributed by atoms with Gasteiger partial charge in [-0.3, -0.25) is 4.98 Å². The quantitative estimate of drug-likeness (QED) is 0.284. The van der Waals surface area contributed by atoms with Gasteiger partial charge < -0.3 is 4.42 Å². The van der Waals surface area contributed by atoms with E-state index in [9.17, 15) is 0 Å². The summed E-state index contributed by atoms with van der Waals surface area (Å²) in [6, 6.07) is 41.6. The first-order valence-electron chi connectivity index (χ1n) is 11.1. The lowest BCUT2D eigenvalue weighted by molar-refractivity contribution is 0.602. The van der Waals surface area contributed by atoms with Crippen LogP contribution in [0.4, 0.5) is 0 Å². The summed E-state index contributed by atoms with van der Waals surface area (Å²) in [4.78, 5) is 4.72. The van der Waals surface area contributed by atoms with E-state index in [0.717, 1.165) is 50.2 Å². The summed E-state index contributed by atoms with van der Waals surface area (Å²) < 4.78 is 6.72. The Morgan fingerprint density at radius 1 is 0.424 bits per heavy atom. The summed E-state index contributed by atoms with van der Waals surface area (Å²) in [5.74, 6) is 1.72. The summed E-state index contributed by atoms with van der Waals surface area (Å²) in [6.07, 6.45) is 1.84. The molecule has 0 saturated heterocycles. The van der Waals surface area contributed by atoms with Gasteiger partial charge in [0.25, 0.3) is 0 Å². The molecule has 0 N–H and O–H groups in total. The zero-order valence-electron chi connectivity index (χ0n) is 18.0. The Kier molecular flexibility index (Phi) is 4.82. The molecule has 0 atom stereocenters. The molecule has 0 fully saturated rings. The van der Waals surface area contributed by atoms with Crippen LogP contribution in [0, 0.1) is 0 Å². The van der Waals surface area contributed by atoms with Crippen LogP contribution in [0.5, 0.6) is 0 Å². The van der Waals surface area contributed by atoms with Crippen molar-refractivity contribution in [3.63, 3.8) is 0 Å². The fraction of sp³-hybridized carbons (Fsp3) is 0. The molecular weight excluding hydrogens is 402 g/mol. The number of hydrogen-bond donors (Lipinski definition) is 0. The van der Waals surface area contributed by atoms with E-state index in [0.29, 0.717) is 0 Å². The van der Waals surface area contributed by atoms with E-state index < -0.39 is 0 Å². The van der Waals surface area contributed by atoms with Crippen LogP contribution in [0.3, 0.4) is 0 Å². The third kappa shape index (κ3) is 3.42. The van der Waals surface area contributed by atoms with Gasteiger partial charge in [-0.15, -0.1) is 0 Å². The Morgan fingerprint density at radius 2 is 0.939 bits per heavy atom. The van der Waals surface area contributed by atoms with Gasteiger partial charge in [-0.2, -0.15) is 0 Å². The Balaban J connectivity index is 1.61. The van der Waals surface area contributed by atoms with Crippen molar-refractivity contribution in [3.05, 3.63) is 128 Å². The first kappa shape index (κ1) is 19.3. The van der Waals surface area contributed by atoms with E-state index in [1.54, 1.807) is 0 Å². The monoisotopic (exact) mass is 423 g/mol. The number of nitrogens with zero attached hydrogens (tertiary/aromatic N) is 1. The number of rotatable bonds is 4. The molecule has 0 spiro atoms. The predicted molar refractivity (Wildman–Crippen MR) is 136 cm³/mol. The molecule has 156 valence electrons. The summed E-state index contributed by atoms with van der Waals surface area (Å²) in [7, 11) is 0. The Morgan fingerprint density at radius 3 is 1.64 bits per heavy atom. The molecule has 2 heteroatoms. The van der Waals surface area contributed by atoms with E-state index in [1.807, 2.05) is 36.5 Å². The van der Waals surface area contributed by atoms with Gasteiger partial charge in [0.05, 0.1) is 5.69 Å². The molecular formula is C31H21NO. The Labute approximate surface area is 192 Å². The minimum absolute atomic E-state index is 0.843. The van der Waals surface area contributed by atoms with Crippen molar-refractivity contribution >= 4 is 10.8 Å². The highest BCUT2D eigenvalue weighted by atomic mass is 16.3. The lowest BCUT2D eigenvalue weighted by atomic mass is 9.96. The molecule has 33 heavy (non-hydrogen) atoms. The van der Waals surface area contributed by atoms with E-state index in [-0.39, 0.29) is 0 Å². The van der Waals surface area contributed by atoms with Crippen molar-refractivity contribution in [2.45, 2.75) is 0 Å². The predicted octanol–water partition coefficient (Wildman–Crippen LogP) is 8.50. The van der Waals surface area contributed by atoms with Gasteiger partial charge in [-0.05, 0) is 23.3 Å². The molecule has 4 aromatic carbocycles. The molecule has 0 bridgehead atoms. The van der Waals surface area contributed by atoms with Crippen molar-refractivity contribution in [3.8, 4) is 45.0 Å². The number of aromatic nitrogens is 1. The van der Waals surface area contributed by atoms with E-state index in [4.69, 9.17) is 9.40 Å². The maximum absolute atomic E-state index is 6.72. The third-order valence-corrected chi connectivity index (χ3v) is 5.98. The van der Waals surface area contributed by atoms with Crippen LogP contribution in [0.15, 0.2) is 132 Å². The number of benzene rings is 4. The van der Waals surface area contributed by atoms with Gasteiger partial charge >= 0.3 is 0 Å². The maximum Gasteiger partial charge on any atom is 0.144 e. The van der Waals surface area contributed by atoms with Crippen molar-refractivity contribution in [1.82, 2.24) is 4.98 Å². The lowest BCUT2D eigenvalue weighted by Gasteiger charge is -2.09. The molecule has 6 rings (SSSR count). The number of furan rings is 1. The van der Waals surface area contributed by atoms with Crippen LogP contribution in [0.2, 0.25) is 0 Å².